The Morgan fingerprint density at radius 2 is 2.42 bits per heavy atom. The molecule has 0 bridgehead atoms. The number of anilines is 1. The number of nitrogens with one attached hydrogen (secondary N) is 2. The highest BCUT2D eigenvalue weighted by molar-refractivity contribution is 7.08. The van der Waals surface area contributed by atoms with E-state index in [1.807, 2.05) is 16.8 Å². The molecule has 2 heterocycles. The quantitative estimate of drug-likeness (QED) is 0.888. The number of carbonyl (C=O) groups is 1. The predicted octanol–water partition coefficient (Wildman–Crippen LogP) is 1.98. The molecule has 0 spiro atoms. The summed E-state index contributed by atoms with van der Waals surface area (Å²) in [5, 5.41) is 9.52. The van der Waals surface area contributed by atoms with Crippen molar-refractivity contribution < 1.29 is 9.53 Å². The lowest BCUT2D eigenvalue weighted by molar-refractivity contribution is -0.0497. The Bertz CT molecular complexity index is 406. The summed E-state index contributed by atoms with van der Waals surface area (Å²) in [4.78, 5) is 14.0. The van der Waals surface area contributed by atoms with Crippen LogP contribution < -0.4 is 10.6 Å². The van der Waals surface area contributed by atoms with E-state index in [4.69, 9.17) is 4.74 Å². The van der Waals surface area contributed by atoms with Gasteiger partial charge >= 0.3 is 6.03 Å². The van der Waals surface area contributed by atoms with Crippen LogP contribution in [0.4, 0.5) is 10.5 Å². The average Bonchev–Trinajstić information content (AvgIpc) is 2.84. The van der Waals surface area contributed by atoms with Crippen LogP contribution in [0.3, 0.4) is 0 Å². The molecule has 2 N–H and O–H groups in total. The summed E-state index contributed by atoms with van der Waals surface area (Å²) < 4.78 is 5.47. The number of urea groups is 1. The third-order valence-corrected chi connectivity index (χ3v) is 3.95. The van der Waals surface area contributed by atoms with Crippen molar-refractivity contribution in [3.05, 3.63) is 16.8 Å². The van der Waals surface area contributed by atoms with Crippen LogP contribution in [-0.4, -0.2) is 49.3 Å². The molecule has 1 aliphatic rings. The van der Waals surface area contributed by atoms with E-state index in [9.17, 15) is 4.79 Å². The van der Waals surface area contributed by atoms with Crippen molar-refractivity contribution in [1.82, 2.24) is 10.2 Å². The normalized spacial score (nSPS) is 19.1. The molecule has 1 fully saturated rings. The lowest BCUT2D eigenvalue weighted by atomic mass is 10.0. The second-order valence-electron chi connectivity index (χ2n) is 5.24. The number of ether oxygens (including phenoxy) is 1. The Kier molecular flexibility index (Phi) is 4.79. The van der Waals surface area contributed by atoms with E-state index >= 15 is 0 Å². The summed E-state index contributed by atoms with van der Waals surface area (Å²) in [7, 11) is 0. The minimum atomic E-state index is -0.149. The Hall–Kier alpha value is -1.11. The van der Waals surface area contributed by atoms with Crippen molar-refractivity contribution in [3.8, 4) is 0 Å². The SMILES string of the molecule is CC1(C)COCCN1CCNC(=O)Nc1ccsc1. The lowest BCUT2D eigenvalue weighted by Crippen LogP contribution is -2.54. The molecule has 1 aliphatic heterocycles. The lowest BCUT2D eigenvalue weighted by Gasteiger charge is -2.42. The fourth-order valence-electron chi connectivity index (χ4n) is 2.12. The first-order chi connectivity index (χ1) is 9.08. The number of morpholine rings is 1. The molecule has 2 amide bonds. The van der Waals surface area contributed by atoms with E-state index in [1.165, 1.54) is 0 Å². The van der Waals surface area contributed by atoms with Crippen LogP contribution >= 0.6 is 11.3 Å². The van der Waals surface area contributed by atoms with Gasteiger partial charge in [-0.1, -0.05) is 0 Å². The molecule has 6 heteroatoms. The summed E-state index contributed by atoms with van der Waals surface area (Å²) in [6, 6.07) is 1.74. The molecule has 106 valence electrons. The third-order valence-electron chi connectivity index (χ3n) is 3.26. The summed E-state index contributed by atoms with van der Waals surface area (Å²) >= 11 is 1.56. The van der Waals surface area contributed by atoms with Gasteiger partial charge in [0.2, 0.25) is 0 Å². The first-order valence-corrected chi connectivity index (χ1v) is 7.42. The number of nitrogens with zero attached hydrogens (tertiary/aromatic N) is 1. The van der Waals surface area contributed by atoms with Gasteiger partial charge in [0, 0.05) is 30.6 Å². The molecule has 5 nitrogen and oxygen atoms in total. The molecule has 1 saturated heterocycles. The number of thiophene rings is 1. The van der Waals surface area contributed by atoms with Crippen LogP contribution in [0.5, 0.6) is 0 Å². The molecule has 0 saturated carbocycles. The molecule has 1 aromatic heterocycles. The first kappa shape index (κ1) is 14.3. The monoisotopic (exact) mass is 283 g/mol. The average molecular weight is 283 g/mol. The molecular weight excluding hydrogens is 262 g/mol. The van der Waals surface area contributed by atoms with E-state index in [2.05, 4.69) is 29.4 Å². The Labute approximate surface area is 117 Å². The summed E-state index contributed by atoms with van der Waals surface area (Å²) in [6.07, 6.45) is 0. The topological polar surface area (TPSA) is 53.6 Å². The van der Waals surface area contributed by atoms with Gasteiger partial charge in [0.1, 0.15) is 0 Å². The third kappa shape index (κ3) is 4.19. The van der Waals surface area contributed by atoms with Crippen molar-refractivity contribution in [2.75, 3.05) is 38.2 Å². The maximum absolute atomic E-state index is 11.7. The van der Waals surface area contributed by atoms with Gasteiger partial charge in [-0.2, -0.15) is 11.3 Å². The number of carbonyl (C=O) groups excluding carboxylic acids is 1. The van der Waals surface area contributed by atoms with Crippen molar-refractivity contribution in [3.63, 3.8) is 0 Å². The molecule has 1 aromatic rings. The second-order valence-corrected chi connectivity index (χ2v) is 6.03. The number of hydrogen-bond acceptors (Lipinski definition) is 4. The molecule has 0 atom stereocenters. The summed E-state index contributed by atoms with van der Waals surface area (Å²) in [6.45, 7) is 8.24. The number of amides is 2. The zero-order valence-corrected chi connectivity index (χ0v) is 12.3. The van der Waals surface area contributed by atoms with Gasteiger partial charge in [0.25, 0.3) is 0 Å². The summed E-state index contributed by atoms with van der Waals surface area (Å²) in [5.41, 5.74) is 0.887. The maximum Gasteiger partial charge on any atom is 0.319 e. The minimum Gasteiger partial charge on any atom is -0.378 e. The zero-order chi connectivity index (χ0) is 13.7. The van der Waals surface area contributed by atoms with Crippen molar-refractivity contribution >= 4 is 23.1 Å². The van der Waals surface area contributed by atoms with E-state index in [-0.39, 0.29) is 11.6 Å². The molecule has 2 rings (SSSR count). The Balaban J connectivity index is 1.69. The fourth-order valence-corrected chi connectivity index (χ4v) is 2.71. The highest BCUT2D eigenvalue weighted by Gasteiger charge is 2.29. The molecule has 0 aromatic carbocycles. The van der Waals surface area contributed by atoms with E-state index in [0.29, 0.717) is 6.54 Å². The number of rotatable bonds is 4. The van der Waals surface area contributed by atoms with Crippen LogP contribution in [0.15, 0.2) is 16.8 Å². The van der Waals surface area contributed by atoms with Gasteiger partial charge in [0.15, 0.2) is 0 Å². The minimum absolute atomic E-state index is 0.0454. The van der Waals surface area contributed by atoms with Crippen LogP contribution in [-0.2, 0) is 4.74 Å². The molecule has 0 radical (unpaired) electrons. The fraction of sp³-hybridized carbons (Fsp3) is 0.615. The largest absolute Gasteiger partial charge is 0.378 e. The van der Waals surface area contributed by atoms with Crippen molar-refractivity contribution in [2.45, 2.75) is 19.4 Å². The Morgan fingerprint density at radius 3 is 3.11 bits per heavy atom. The molecular formula is C13H21N3O2S. The molecule has 0 aliphatic carbocycles. The van der Waals surface area contributed by atoms with Gasteiger partial charge in [-0.15, -0.1) is 0 Å². The van der Waals surface area contributed by atoms with Gasteiger partial charge in [-0.3, -0.25) is 4.90 Å². The van der Waals surface area contributed by atoms with Crippen molar-refractivity contribution in [2.24, 2.45) is 0 Å². The number of hydrogen-bond donors (Lipinski definition) is 2. The van der Waals surface area contributed by atoms with Gasteiger partial charge in [0.05, 0.1) is 18.9 Å². The molecule has 19 heavy (non-hydrogen) atoms. The second kappa shape index (κ2) is 6.36. The van der Waals surface area contributed by atoms with Gasteiger partial charge < -0.3 is 15.4 Å². The zero-order valence-electron chi connectivity index (χ0n) is 11.4. The highest BCUT2D eigenvalue weighted by atomic mass is 32.1. The molecule has 0 unspecified atom stereocenters. The highest BCUT2D eigenvalue weighted by Crippen LogP contribution is 2.17. The van der Waals surface area contributed by atoms with Crippen LogP contribution in [0.1, 0.15) is 13.8 Å². The maximum atomic E-state index is 11.7. The van der Waals surface area contributed by atoms with Gasteiger partial charge in [-0.25, -0.2) is 4.79 Å². The predicted molar refractivity (Wildman–Crippen MR) is 77.8 cm³/mol. The van der Waals surface area contributed by atoms with E-state index in [1.54, 1.807) is 11.3 Å². The standard InChI is InChI=1S/C13H21N3O2S/c1-13(2)10-18-7-6-16(13)5-4-14-12(17)15-11-3-8-19-9-11/h3,8-9H,4-7,10H2,1-2H3,(H2,14,15,17). The first-order valence-electron chi connectivity index (χ1n) is 6.48. The smallest absolute Gasteiger partial charge is 0.319 e. The van der Waals surface area contributed by atoms with Crippen LogP contribution in [0, 0.1) is 0 Å². The Morgan fingerprint density at radius 1 is 1.58 bits per heavy atom. The summed E-state index contributed by atoms with van der Waals surface area (Å²) in [5.74, 6) is 0. The van der Waals surface area contributed by atoms with Crippen molar-refractivity contribution in [1.29, 1.82) is 0 Å². The van der Waals surface area contributed by atoms with E-state index in [0.717, 1.165) is 32.0 Å². The van der Waals surface area contributed by atoms with Crippen LogP contribution in [0.2, 0.25) is 0 Å². The van der Waals surface area contributed by atoms with Gasteiger partial charge in [-0.05, 0) is 25.3 Å². The van der Waals surface area contributed by atoms with E-state index < -0.39 is 0 Å². The van der Waals surface area contributed by atoms with Crippen LogP contribution in [0.25, 0.3) is 0 Å².